The zero-order valence-corrected chi connectivity index (χ0v) is 19.9. The monoisotopic (exact) mass is 476 g/mol. The number of fused-ring (bicyclic) bond motifs is 1. The molecule has 1 saturated carbocycles. The predicted molar refractivity (Wildman–Crippen MR) is 127 cm³/mol. The molecule has 4 aromatic heterocycles. The van der Waals surface area contributed by atoms with Gasteiger partial charge in [-0.3, -0.25) is 9.48 Å². The summed E-state index contributed by atoms with van der Waals surface area (Å²) in [4.78, 5) is 38.0. The number of rotatable bonds is 6. The first-order valence-corrected chi connectivity index (χ1v) is 11.7. The van der Waals surface area contributed by atoms with Crippen molar-refractivity contribution in [2.75, 3.05) is 7.11 Å². The minimum Gasteiger partial charge on any atom is -0.471 e. The Morgan fingerprint density at radius 3 is 2.69 bits per heavy atom. The quantitative estimate of drug-likeness (QED) is 0.402. The van der Waals surface area contributed by atoms with Crippen LogP contribution in [0, 0.1) is 11.8 Å². The van der Waals surface area contributed by atoms with E-state index in [-0.39, 0.29) is 17.9 Å². The number of hydrogen-bond acceptors (Lipinski definition) is 7. The number of nitrogens with zero attached hydrogens (tertiary/aromatic N) is 4. The van der Waals surface area contributed by atoms with Crippen molar-refractivity contribution in [3.05, 3.63) is 54.0 Å². The van der Waals surface area contributed by atoms with Crippen molar-refractivity contribution in [1.82, 2.24) is 30.0 Å². The molecule has 5 rings (SSSR count). The lowest BCUT2D eigenvalue weighted by Gasteiger charge is -2.32. The smallest absolute Gasteiger partial charge is 0.341 e. The first kappa shape index (κ1) is 22.8. The van der Waals surface area contributed by atoms with Crippen LogP contribution in [0.15, 0.2) is 41.3 Å². The third kappa shape index (κ3) is 4.43. The fourth-order valence-electron chi connectivity index (χ4n) is 4.81. The van der Waals surface area contributed by atoms with E-state index in [2.05, 4.69) is 27.3 Å². The topological polar surface area (TPSA) is 128 Å². The zero-order valence-electron chi connectivity index (χ0n) is 19.9. The number of furan rings is 1. The SMILES string of the molecule is COC(=O)c1cocc1-c1ccc2[nH]c(C(NC(=O)c3ccnn3C)C3CCC(C)CC3)nc2n1. The lowest BCUT2D eigenvalue weighted by Crippen LogP contribution is -2.36. The van der Waals surface area contributed by atoms with E-state index in [1.165, 1.54) is 19.6 Å². The zero-order chi connectivity index (χ0) is 24.5. The maximum Gasteiger partial charge on any atom is 0.341 e. The second kappa shape index (κ2) is 9.36. The van der Waals surface area contributed by atoms with E-state index >= 15 is 0 Å². The van der Waals surface area contributed by atoms with E-state index in [1.807, 2.05) is 6.07 Å². The number of pyridine rings is 1. The summed E-state index contributed by atoms with van der Waals surface area (Å²) in [6, 6.07) is 5.08. The van der Waals surface area contributed by atoms with Gasteiger partial charge in [0.15, 0.2) is 5.65 Å². The number of ether oxygens (including phenoxy) is 1. The number of H-pyrrole nitrogens is 1. The van der Waals surface area contributed by atoms with Gasteiger partial charge in [0.25, 0.3) is 5.91 Å². The van der Waals surface area contributed by atoms with Gasteiger partial charge in [0.05, 0.1) is 29.9 Å². The van der Waals surface area contributed by atoms with Gasteiger partial charge in [0.2, 0.25) is 0 Å². The maximum absolute atomic E-state index is 13.1. The van der Waals surface area contributed by atoms with E-state index in [1.54, 1.807) is 30.1 Å². The third-order valence-corrected chi connectivity index (χ3v) is 6.87. The number of aromatic nitrogens is 5. The Morgan fingerprint density at radius 2 is 1.97 bits per heavy atom. The molecule has 0 bridgehead atoms. The normalized spacial score (nSPS) is 18.9. The molecule has 10 nitrogen and oxygen atoms in total. The minimum atomic E-state index is -0.497. The van der Waals surface area contributed by atoms with Crippen molar-refractivity contribution in [2.45, 2.75) is 38.6 Å². The van der Waals surface area contributed by atoms with E-state index in [0.29, 0.717) is 39.9 Å². The molecule has 4 heterocycles. The molecule has 1 aliphatic carbocycles. The van der Waals surface area contributed by atoms with Crippen LogP contribution in [-0.4, -0.2) is 43.7 Å². The van der Waals surface area contributed by atoms with E-state index in [9.17, 15) is 9.59 Å². The highest BCUT2D eigenvalue weighted by molar-refractivity contribution is 5.96. The lowest BCUT2D eigenvalue weighted by molar-refractivity contribution is 0.0600. The molecule has 1 amide bonds. The van der Waals surface area contributed by atoms with E-state index < -0.39 is 5.97 Å². The Labute approximate surface area is 202 Å². The molecular weight excluding hydrogens is 448 g/mol. The molecule has 0 aromatic carbocycles. The molecule has 182 valence electrons. The van der Waals surface area contributed by atoms with Crippen LogP contribution in [-0.2, 0) is 11.8 Å². The van der Waals surface area contributed by atoms with Gasteiger partial charge < -0.3 is 19.5 Å². The van der Waals surface area contributed by atoms with Gasteiger partial charge in [0.1, 0.15) is 29.6 Å². The molecular formula is C25H28N6O4. The Hall–Kier alpha value is -3.95. The number of aromatic amines is 1. The van der Waals surface area contributed by atoms with Gasteiger partial charge >= 0.3 is 5.97 Å². The molecule has 1 unspecified atom stereocenters. The molecule has 0 aliphatic heterocycles. The second-order valence-corrected chi connectivity index (χ2v) is 9.19. The van der Waals surface area contributed by atoms with Crippen LogP contribution in [0.25, 0.3) is 22.4 Å². The van der Waals surface area contributed by atoms with Gasteiger partial charge in [-0.15, -0.1) is 0 Å². The molecule has 1 aliphatic rings. The Bertz CT molecular complexity index is 1360. The van der Waals surface area contributed by atoms with Crippen molar-refractivity contribution < 1.29 is 18.7 Å². The molecule has 1 fully saturated rings. The number of nitrogens with one attached hydrogen (secondary N) is 2. The van der Waals surface area contributed by atoms with Crippen LogP contribution in [0.4, 0.5) is 0 Å². The van der Waals surface area contributed by atoms with Gasteiger partial charge in [-0.2, -0.15) is 5.10 Å². The lowest BCUT2D eigenvalue weighted by atomic mass is 9.79. The highest BCUT2D eigenvalue weighted by atomic mass is 16.5. The summed E-state index contributed by atoms with van der Waals surface area (Å²) in [7, 11) is 3.07. The summed E-state index contributed by atoms with van der Waals surface area (Å²) in [5, 5.41) is 7.31. The van der Waals surface area contributed by atoms with Crippen LogP contribution in [0.5, 0.6) is 0 Å². The molecule has 10 heteroatoms. The van der Waals surface area contributed by atoms with Crippen molar-refractivity contribution >= 4 is 23.0 Å². The minimum absolute atomic E-state index is 0.191. The summed E-state index contributed by atoms with van der Waals surface area (Å²) in [5.74, 6) is 0.911. The molecule has 35 heavy (non-hydrogen) atoms. The predicted octanol–water partition coefficient (Wildman–Crippen LogP) is 4.04. The summed E-state index contributed by atoms with van der Waals surface area (Å²) in [6.07, 6.45) is 8.66. The van der Waals surface area contributed by atoms with Crippen molar-refractivity contribution in [3.8, 4) is 11.3 Å². The van der Waals surface area contributed by atoms with E-state index in [4.69, 9.17) is 14.1 Å². The maximum atomic E-state index is 13.1. The Balaban J connectivity index is 1.49. The number of amides is 1. The molecule has 2 N–H and O–H groups in total. The highest BCUT2D eigenvalue weighted by Crippen LogP contribution is 2.37. The molecule has 0 radical (unpaired) electrons. The summed E-state index contributed by atoms with van der Waals surface area (Å²) >= 11 is 0. The average Bonchev–Trinajstić information content (AvgIpc) is 3.61. The molecule has 0 saturated heterocycles. The Morgan fingerprint density at radius 1 is 1.17 bits per heavy atom. The van der Waals surface area contributed by atoms with Gasteiger partial charge in [-0.25, -0.2) is 14.8 Å². The van der Waals surface area contributed by atoms with Crippen molar-refractivity contribution in [1.29, 1.82) is 0 Å². The van der Waals surface area contributed by atoms with Crippen molar-refractivity contribution in [3.63, 3.8) is 0 Å². The Kier molecular flexibility index (Phi) is 6.10. The third-order valence-electron chi connectivity index (χ3n) is 6.87. The number of esters is 1. The van der Waals surface area contributed by atoms with Crippen LogP contribution in [0.2, 0.25) is 0 Å². The van der Waals surface area contributed by atoms with Gasteiger partial charge in [-0.05, 0) is 42.9 Å². The van der Waals surface area contributed by atoms with Gasteiger partial charge in [-0.1, -0.05) is 19.8 Å². The highest BCUT2D eigenvalue weighted by Gasteiger charge is 2.31. The fraction of sp³-hybridized carbons (Fsp3) is 0.400. The standard InChI is InChI=1S/C25H28N6O4/c1-14-4-6-15(7-5-14)21(29-24(32)20-10-11-26-31(20)2)23-28-19-9-8-18(27-22(19)30-23)16-12-35-13-17(16)25(33)34-3/h8-15,21H,4-7H2,1-3H3,(H,29,32)(H,27,28,30). The van der Waals surface area contributed by atoms with Crippen LogP contribution >= 0.6 is 0 Å². The molecule has 4 aromatic rings. The number of carbonyl (C=O) groups is 2. The number of aryl methyl sites for hydroxylation is 1. The average molecular weight is 477 g/mol. The number of carbonyl (C=O) groups excluding carboxylic acids is 2. The number of imidazole rings is 1. The first-order valence-electron chi connectivity index (χ1n) is 11.7. The first-order chi connectivity index (χ1) is 16.9. The largest absolute Gasteiger partial charge is 0.471 e. The van der Waals surface area contributed by atoms with Crippen molar-refractivity contribution in [2.24, 2.45) is 18.9 Å². The van der Waals surface area contributed by atoms with Crippen LogP contribution in [0.3, 0.4) is 0 Å². The summed E-state index contributed by atoms with van der Waals surface area (Å²) in [5.41, 5.74) is 3.12. The summed E-state index contributed by atoms with van der Waals surface area (Å²) in [6.45, 7) is 2.27. The molecule has 0 spiro atoms. The number of methoxy groups -OCH3 is 1. The fourth-order valence-corrected chi connectivity index (χ4v) is 4.81. The van der Waals surface area contributed by atoms with Crippen LogP contribution < -0.4 is 5.32 Å². The number of hydrogen-bond donors (Lipinski definition) is 2. The molecule has 1 atom stereocenters. The second-order valence-electron chi connectivity index (χ2n) is 9.19. The van der Waals surface area contributed by atoms with Crippen LogP contribution in [0.1, 0.15) is 65.3 Å². The summed E-state index contributed by atoms with van der Waals surface area (Å²) < 4.78 is 11.6. The van der Waals surface area contributed by atoms with E-state index in [0.717, 1.165) is 31.2 Å². The van der Waals surface area contributed by atoms with Gasteiger partial charge in [0, 0.05) is 13.2 Å².